The zero-order chi connectivity index (χ0) is 24.4. The molecule has 1 aromatic rings. The van der Waals surface area contributed by atoms with Crippen molar-refractivity contribution in [3.8, 4) is 0 Å². The van der Waals surface area contributed by atoms with Crippen molar-refractivity contribution in [1.82, 2.24) is 25.8 Å². The van der Waals surface area contributed by atoms with E-state index in [0.29, 0.717) is 24.8 Å². The molecule has 1 fully saturated rings. The smallest absolute Gasteiger partial charge is 0.405 e. The van der Waals surface area contributed by atoms with Crippen molar-refractivity contribution in [2.45, 2.75) is 43.8 Å². The normalized spacial score (nSPS) is 17.0. The molecule has 1 aromatic heterocycles. The summed E-state index contributed by atoms with van der Waals surface area (Å²) >= 11 is 0. The highest BCUT2D eigenvalue weighted by Crippen LogP contribution is 2.24. The molecule has 7 N–H and O–H groups in total. The second-order valence-corrected chi connectivity index (χ2v) is 7.50. The van der Waals surface area contributed by atoms with Gasteiger partial charge in [0.15, 0.2) is 11.7 Å². The predicted octanol–water partition coefficient (Wildman–Crippen LogP) is -0.332. The van der Waals surface area contributed by atoms with Gasteiger partial charge in [0.1, 0.15) is 18.8 Å². The molecule has 0 radical (unpaired) electrons. The average Bonchev–Trinajstić information content (AvgIpc) is 3.29. The van der Waals surface area contributed by atoms with E-state index in [2.05, 4.69) is 20.9 Å². The van der Waals surface area contributed by atoms with E-state index in [-0.39, 0.29) is 25.5 Å². The van der Waals surface area contributed by atoms with Gasteiger partial charge in [-0.3, -0.25) is 24.8 Å². The zero-order valence-electron chi connectivity index (χ0n) is 17.9. The summed E-state index contributed by atoms with van der Waals surface area (Å²) in [6.07, 6.45) is 2.70. The van der Waals surface area contributed by atoms with E-state index in [1.165, 1.54) is 17.3 Å². The first-order chi connectivity index (χ1) is 15.7. The molecule has 1 aliphatic heterocycles. The summed E-state index contributed by atoms with van der Waals surface area (Å²) < 4.78 is 13.0. The summed E-state index contributed by atoms with van der Waals surface area (Å²) in [7, 11) is 0. The Kier molecular flexibility index (Phi) is 9.51. The minimum Gasteiger partial charge on any atom is -0.465 e. The first kappa shape index (κ1) is 25.5. The van der Waals surface area contributed by atoms with Gasteiger partial charge < -0.3 is 31.7 Å². The molecular formula is C20H28FN7O5. The van der Waals surface area contributed by atoms with E-state index in [9.17, 15) is 28.7 Å². The van der Waals surface area contributed by atoms with Crippen molar-refractivity contribution in [2.75, 3.05) is 19.8 Å². The Labute approximate surface area is 189 Å². The van der Waals surface area contributed by atoms with Gasteiger partial charge in [0.05, 0.1) is 6.04 Å². The molecule has 180 valence electrons. The standard InChI is InChI=1S/C20H28FN7O5/c21-10-15(29)13(5-2-8-25-19(22)23)26-17(30)14-6-3-9-28(14)18(31)16(27-20(32)33)12-4-1-7-24-11-12/h1,4,7,11,13-14,16,27H,2-3,5-6,8-10H2,(H,26,30)(H,32,33)(H4,22,23,25)/t13?,14?,16-/m0/s1. The number of carboxylic acid groups (broad SMARTS) is 1. The third kappa shape index (κ3) is 7.40. The maximum absolute atomic E-state index is 13.2. The number of ketones is 1. The van der Waals surface area contributed by atoms with E-state index in [1.54, 1.807) is 12.1 Å². The lowest BCUT2D eigenvalue weighted by atomic mass is 10.0. The summed E-state index contributed by atoms with van der Waals surface area (Å²) in [6, 6.07) is -0.188. The SMILES string of the molecule is N=C(N)NCCCC(NC(=O)C1CCCN1C(=O)[C@@H](NC(=O)O)c1cccnc1)C(=O)CF. The van der Waals surface area contributed by atoms with Crippen molar-refractivity contribution in [3.63, 3.8) is 0 Å². The molecule has 2 rings (SSSR count). The Morgan fingerprint density at radius 2 is 2.09 bits per heavy atom. The number of hydrogen-bond acceptors (Lipinski definition) is 6. The number of aromatic nitrogens is 1. The van der Waals surface area contributed by atoms with E-state index in [1.807, 2.05) is 0 Å². The van der Waals surface area contributed by atoms with Crippen LogP contribution in [0.5, 0.6) is 0 Å². The number of rotatable bonds is 11. The molecule has 2 heterocycles. The second-order valence-electron chi connectivity index (χ2n) is 7.50. The lowest BCUT2D eigenvalue weighted by molar-refractivity contribution is -0.140. The Hall–Kier alpha value is -3.77. The molecule has 0 bridgehead atoms. The fourth-order valence-electron chi connectivity index (χ4n) is 3.63. The van der Waals surface area contributed by atoms with Crippen molar-refractivity contribution in [3.05, 3.63) is 30.1 Å². The van der Waals surface area contributed by atoms with Crippen LogP contribution in [-0.2, 0) is 14.4 Å². The number of nitrogens with one attached hydrogen (secondary N) is 4. The van der Waals surface area contributed by atoms with Gasteiger partial charge in [-0.25, -0.2) is 9.18 Å². The van der Waals surface area contributed by atoms with Crippen molar-refractivity contribution in [1.29, 1.82) is 5.41 Å². The van der Waals surface area contributed by atoms with Crippen LogP contribution in [0.15, 0.2) is 24.5 Å². The summed E-state index contributed by atoms with van der Waals surface area (Å²) in [5.74, 6) is -2.29. The Bertz CT molecular complexity index is 870. The number of amides is 3. The lowest BCUT2D eigenvalue weighted by Crippen LogP contribution is -2.53. The van der Waals surface area contributed by atoms with Crippen LogP contribution in [0.3, 0.4) is 0 Å². The van der Waals surface area contributed by atoms with E-state index in [4.69, 9.17) is 11.1 Å². The number of hydrogen-bond donors (Lipinski definition) is 6. The Morgan fingerprint density at radius 3 is 2.70 bits per heavy atom. The molecule has 0 spiro atoms. The molecule has 2 unspecified atom stereocenters. The van der Waals surface area contributed by atoms with Crippen LogP contribution in [0.2, 0.25) is 0 Å². The molecular weight excluding hydrogens is 437 g/mol. The maximum Gasteiger partial charge on any atom is 0.405 e. The molecule has 0 saturated carbocycles. The van der Waals surface area contributed by atoms with Crippen molar-refractivity contribution in [2.24, 2.45) is 5.73 Å². The number of nitrogens with two attached hydrogens (primary N) is 1. The molecule has 13 heteroatoms. The van der Waals surface area contributed by atoms with Crippen LogP contribution in [0.25, 0.3) is 0 Å². The molecule has 3 amide bonds. The van der Waals surface area contributed by atoms with Crippen LogP contribution >= 0.6 is 0 Å². The highest BCUT2D eigenvalue weighted by Gasteiger charge is 2.39. The van der Waals surface area contributed by atoms with Crippen LogP contribution in [0.4, 0.5) is 9.18 Å². The average molecular weight is 465 g/mol. The number of likely N-dealkylation sites (tertiary alicyclic amines) is 1. The minimum absolute atomic E-state index is 0.119. The Balaban J connectivity index is 2.11. The fourth-order valence-corrected chi connectivity index (χ4v) is 3.63. The summed E-state index contributed by atoms with van der Waals surface area (Å²) in [4.78, 5) is 54.5. The number of alkyl halides is 1. The maximum atomic E-state index is 13.2. The van der Waals surface area contributed by atoms with Gasteiger partial charge in [0.2, 0.25) is 5.91 Å². The second kappa shape index (κ2) is 12.3. The fraction of sp³-hybridized carbons (Fsp3) is 0.500. The zero-order valence-corrected chi connectivity index (χ0v) is 17.9. The van der Waals surface area contributed by atoms with Crippen LogP contribution in [0.1, 0.15) is 37.3 Å². The molecule has 1 aliphatic rings. The predicted molar refractivity (Wildman–Crippen MR) is 115 cm³/mol. The number of carbonyl (C=O) groups excluding carboxylic acids is 3. The van der Waals surface area contributed by atoms with Crippen LogP contribution < -0.4 is 21.7 Å². The lowest BCUT2D eigenvalue weighted by Gasteiger charge is -2.29. The first-order valence-electron chi connectivity index (χ1n) is 10.4. The van der Waals surface area contributed by atoms with E-state index < -0.39 is 48.5 Å². The molecule has 0 aromatic carbocycles. The first-order valence-corrected chi connectivity index (χ1v) is 10.4. The molecule has 33 heavy (non-hydrogen) atoms. The van der Waals surface area contributed by atoms with Gasteiger partial charge in [-0.05, 0) is 31.7 Å². The number of nitrogens with zero attached hydrogens (tertiary/aromatic N) is 2. The summed E-state index contributed by atoms with van der Waals surface area (Å²) in [5, 5.41) is 23.5. The topological polar surface area (TPSA) is 191 Å². The number of pyridine rings is 1. The molecule has 3 atom stereocenters. The van der Waals surface area contributed by atoms with E-state index in [0.717, 1.165) is 0 Å². The molecule has 1 saturated heterocycles. The molecule has 0 aliphatic carbocycles. The number of halogens is 1. The largest absolute Gasteiger partial charge is 0.465 e. The third-order valence-electron chi connectivity index (χ3n) is 5.19. The van der Waals surface area contributed by atoms with Gasteiger partial charge in [-0.15, -0.1) is 0 Å². The van der Waals surface area contributed by atoms with E-state index >= 15 is 0 Å². The monoisotopic (exact) mass is 465 g/mol. The van der Waals surface area contributed by atoms with Crippen LogP contribution in [0, 0.1) is 5.41 Å². The number of guanidine groups is 1. The quantitative estimate of drug-likeness (QED) is 0.145. The van der Waals surface area contributed by atoms with Gasteiger partial charge in [-0.1, -0.05) is 6.07 Å². The van der Waals surface area contributed by atoms with Crippen molar-refractivity contribution < 1.29 is 28.7 Å². The van der Waals surface area contributed by atoms with Gasteiger partial charge >= 0.3 is 6.09 Å². The van der Waals surface area contributed by atoms with Crippen LogP contribution in [-0.4, -0.2) is 76.5 Å². The minimum atomic E-state index is -1.41. The summed E-state index contributed by atoms with van der Waals surface area (Å²) in [5.41, 5.74) is 5.51. The van der Waals surface area contributed by atoms with Gasteiger partial charge in [-0.2, -0.15) is 0 Å². The van der Waals surface area contributed by atoms with Crippen molar-refractivity contribution >= 4 is 29.7 Å². The highest BCUT2D eigenvalue weighted by molar-refractivity contribution is 5.95. The van der Waals surface area contributed by atoms with Gasteiger partial charge in [0.25, 0.3) is 5.91 Å². The summed E-state index contributed by atoms with van der Waals surface area (Å²) in [6.45, 7) is -0.772. The number of carbonyl (C=O) groups is 4. The Morgan fingerprint density at radius 1 is 1.33 bits per heavy atom. The third-order valence-corrected chi connectivity index (χ3v) is 5.19. The molecule has 12 nitrogen and oxygen atoms in total. The van der Waals surface area contributed by atoms with Gasteiger partial charge in [0, 0.05) is 31.0 Å². The highest BCUT2D eigenvalue weighted by atomic mass is 19.1. The number of Topliss-reactive ketones (excluding diaryl/α,β-unsaturated/α-hetero) is 1.